The van der Waals surface area contributed by atoms with E-state index in [0.29, 0.717) is 49.1 Å². The molecule has 21 heteroatoms. The SMILES string of the molecule is CCCCNC(=O)CCN1C(=O)CC(SC(CCCCNC(=O)CCN2C(=O)C=CC2=O)(OC(=N)CCCCCCN2C(=O)C=CC2=O)C(=O)ON2C(=O)CCC2=O)C1=O. The van der Waals surface area contributed by atoms with Crippen LogP contribution in [0.5, 0.6) is 0 Å². The van der Waals surface area contributed by atoms with Crippen LogP contribution in [0.4, 0.5) is 0 Å². The Morgan fingerprint density at radius 3 is 1.80 bits per heavy atom. The normalized spacial score (nSPS) is 18.6. The third-order valence-corrected chi connectivity index (χ3v) is 11.4. The second-order valence-corrected chi connectivity index (χ2v) is 15.9. The number of imide groups is 4. The standard InChI is InChI=1S/C39H51N7O13S/c1-2-3-20-41-29(48)18-24-45-36(55)25-26(37(45)56)60-39(38(57)59-46-34(53)15-16-35(46)54,19-7-8-21-42-28(47)17-23-44-32(51)13-14-33(44)52)58-27(40)10-6-4-5-9-22-43-30(49)11-12-31(43)50/h11-14,26,40H,2-10,15-25H2,1H3,(H,41,48)(H,42,47). The number of nitrogens with one attached hydrogen (secondary N) is 3. The first kappa shape index (κ1) is 47.0. The van der Waals surface area contributed by atoms with E-state index in [1.807, 2.05) is 6.92 Å². The summed E-state index contributed by atoms with van der Waals surface area (Å²) in [6.45, 7) is 2.34. The quantitative estimate of drug-likeness (QED) is 0.0359. The molecule has 60 heavy (non-hydrogen) atoms. The molecule has 0 aliphatic carbocycles. The van der Waals surface area contributed by atoms with Gasteiger partial charge in [-0.3, -0.25) is 68.1 Å². The van der Waals surface area contributed by atoms with Gasteiger partial charge in [-0.2, -0.15) is 0 Å². The summed E-state index contributed by atoms with van der Waals surface area (Å²) in [5, 5.41) is 13.2. The minimum absolute atomic E-state index is 0.00922. The van der Waals surface area contributed by atoms with Crippen LogP contribution in [0, 0.1) is 5.41 Å². The van der Waals surface area contributed by atoms with E-state index in [-0.39, 0.29) is 102 Å². The Morgan fingerprint density at radius 1 is 0.683 bits per heavy atom. The van der Waals surface area contributed by atoms with Gasteiger partial charge in [0.15, 0.2) is 5.90 Å². The number of amides is 10. The van der Waals surface area contributed by atoms with Crippen LogP contribution < -0.4 is 10.6 Å². The van der Waals surface area contributed by atoms with E-state index >= 15 is 0 Å². The summed E-state index contributed by atoms with van der Waals surface area (Å²) < 4.78 is 6.08. The monoisotopic (exact) mass is 857 g/mol. The van der Waals surface area contributed by atoms with E-state index in [2.05, 4.69) is 10.6 Å². The van der Waals surface area contributed by atoms with Crippen molar-refractivity contribution in [2.45, 2.75) is 113 Å². The summed E-state index contributed by atoms with van der Waals surface area (Å²) in [6, 6.07) is 0. The Labute approximate surface area is 350 Å². The summed E-state index contributed by atoms with van der Waals surface area (Å²) in [4.78, 5) is 144. The zero-order valence-electron chi connectivity index (χ0n) is 33.5. The van der Waals surface area contributed by atoms with E-state index in [4.69, 9.17) is 15.0 Å². The molecule has 0 aromatic heterocycles. The first-order valence-corrected chi connectivity index (χ1v) is 21.0. The third kappa shape index (κ3) is 13.1. The fourth-order valence-electron chi connectivity index (χ4n) is 6.53. The zero-order valence-corrected chi connectivity index (χ0v) is 34.3. The lowest BCUT2D eigenvalue weighted by molar-refractivity contribution is -0.205. The molecule has 4 aliphatic heterocycles. The maximum atomic E-state index is 14.2. The summed E-state index contributed by atoms with van der Waals surface area (Å²) in [6.07, 6.45) is 7.11. The van der Waals surface area contributed by atoms with Crippen molar-refractivity contribution in [2.24, 2.45) is 0 Å². The maximum absolute atomic E-state index is 14.2. The average Bonchev–Trinajstić information content (AvgIpc) is 3.90. The highest BCUT2D eigenvalue weighted by molar-refractivity contribution is 8.02. The van der Waals surface area contributed by atoms with Crippen LogP contribution in [-0.2, 0) is 62.3 Å². The highest BCUT2D eigenvalue weighted by Gasteiger charge is 2.52. The number of carbonyl (C=O) groups is 11. The fraction of sp³-hybridized carbons (Fsp3) is 0.590. The van der Waals surface area contributed by atoms with E-state index < -0.39 is 63.4 Å². The molecule has 2 fully saturated rings. The Kier molecular flexibility index (Phi) is 17.7. The van der Waals surface area contributed by atoms with Gasteiger partial charge in [-0.25, -0.2) is 4.79 Å². The van der Waals surface area contributed by atoms with Crippen LogP contribution in [0.2, 0.25) is 0 Å². The van der Waals surface area contributed by atoms with Crippen LogP contribution in [0.25, 0.3) is 0 Å². The Bertz CT molecular complexity index is 1760. The second-order valence-electron chi connectivity index (χ2n) is 14.4. The van der Waals surface area contributed by atoms with E-state index in [9.17, 15) is 52.7 Å². The molecular formula is C39H51N7O13S. The number of carbonyl (C=O) groups excluding carboxylic acids is 11. The van der Waals surface area contributed by atoms with Crippen molar-refractivity contribution < 1.29 is 62.3 Å². The topological polar surface area (TPSA) is 267 Å². The third-order valence-electron chi connectivity index (χ3n) is 9.88. The van der Waals surface area contributed by atoms with Gasteiger partial charge in [0.1, 0.15) is 0 Å². The number of unbranched alkanes of at least 4 members (excludes halogenated alkanes) is 5. The largest absolute Gasteiger partial charge is 0.452 e. The Hall–Kier alpha value is -5.73. The van der Waals surface area contributed by atoms with Gasteiger partial charge in [-0.1, -0.05) is 37.9 Å². The lowest BCUT2D eigenvalue weighted by Crippen LogP contribution is -2.48. The molecule has 4 rings (SSSR count). The lowest BCUT2D eigenvalue weighted by atomic mass is 10.1. The molecule has 3 N–H and O–H groups in total. The van der Waals surface area contributed by atoms with Crippen LogP contribution in [-0.4, -0.2) is 134 Å². The summed E-state index contributed by atoms with van der Waals surface area (Å²) in [7, 11) is 0. The van der Waals surface area contributed by atoms with Gasteiger partial charge >= 0.3 is 5.97 Å². The maximum Gasteiger partial charge on any atom is 0.386 e. The highest BCUT2D eigenvalue weighted by atomic mass is 32.2. The molecule has 0 radical (unpaired) electrons. The predicted octanol–water partition coefficient (Wildman–Crippen LogP) is 0.928. The van der Waals surface area contributed by atoms with Gasteiger partial charge in [-0.05, 0) is 32.1 Å². The van der Waals surface area contributed by atoms with Crippen molar-refractivity contribution in [3.05, 3.63) is 24.3 Å². The number of hydrogen-bond donors (Lipinski definition) is 3. The van der Waals surface area contributed by atoms with Crippen LogP contribution >= 0.6 is 11.8 Å². The molecule has 0 bridgehead atoms. The molecule has 4 heterocycles. The number of hydroxylamine groups is 2. The summed E-state index contributed by atoms with van der Waals surface area (Å²) in [5.41, 5.74) is 0. The molecule has 0 spiro atoms. The zero-order chi connectivity index (χ0) is 43.8. The van der Waals surface area contributed by atoms with Gasteiger partial charge in [0.25, 0.3) is 40.4 Å². The second kappa shape index (κ2) is 22.6. The molecule has 0 aromatic rings. The summed E-state index contributed by atoms with van der Waals surface area (Å²) >= 11 is 0.600. The molecule has 2 atom stereocenters. The van der Waals surface area contributed by atoms with Gasteiger partial charge < -0.3 is 20.2 Å². The van der Waals surface area contributed by atoms with Crippen molar-refractivity contribution in [2.75, 3.05) is 32.7 Å². The van der Waals surface area contributed by atoms with E-state index in [0.717, 1.165) is 39.7 Å². The molecule has 0 saturated carbocycles. The average molecular weight is 858 g/mol. The van der Waals surface area contributed by atoms with Crippen molar-refractivity contribution in [1.82, 2.24) is 30.4 Å². The van der Waals surface area contributed by atoms with E-state index in [1.54, 1.807) is 0 Å². The molecule has 0 aromatic carbocycles. The first-order valence-electron chi connectivity index (χ1n) is 20.1. The van der Waals surface area contributed by atoms with Crippen LogP contribution in [0.3, 0.4) is 0 Å². The van der Waals surface area contributed by atoms with Gasteiger partial charge in [0.2, 0.25) is 23.6 Å². The Morgan fingerprint density at radius 2 is 1.22 bits per heavy atom. The molecule has 4 aliphatic rings. The first-order chi connectivity index (χ1) is 28.6. The van der Waals surface area contributed by atoms with Crippen LogP contribution in [0.15, 0.2) is 24.3 Å². The number of likely N-dealkylation sites (tertiary alicyclic amines) is 1. The van der Waals surface area contributed by atoms with E-state index in [1.165, 1.54) is 12.2 Å². The summed E-state index contributed by atoms with van der Waals surface area (Å²) in [5.74, 6) is -7.23. The molecular weight excluding hydrogens is 807 g/mol. The molecule has 20 nitrogen and oxygen atoms in total. The number of rotatable bonds is 26. The fourth-order valence-corrected chi connectivity index (χ4v) is 7.98. The number of nitrogens with zero attached hydrogens (tertiary/aromatic N) is 4. The number of ether oxygens (including phenoxy) is 1. The van der Waals surface area contributed by atoms with Gasteiger partial charge in [-0.15, -0.1) is 5.06 Å². The molecule has 2 saturated heterocycles. The Balaban J connectivity index is 1.45. The van der Waals surface area contributed by atoms with Crippen LogP contribution in [0.1, 0.15) is 103 Å². The smallest absolute Gasteiger partial charge is 0.386 e. The van der Waals surface area contributed by atoms with Crippen molar-refractivity contribution in [3.63, 3.8) is 0 Å². The van der Waals surface area contributed by atoms with Gasteiger partial charge in [0, 0.05) is 102 Å². The molecule has 326 valence electrons. The minimum Gasteiger partial charge on any atom is -0.452 e. The highest BCUT2D eigenvalue weighted by Crippen LogP contribution is 2.42. The number of hydrogen-bond acceptors (Lipinski definition) is 15. The molecule has 2 unspecified atom stereocenters. The lowest BCUT2D eigenvalue weighted by Gasteiger charge is -2.33. The van der Waals surface area contributed by atoms with Crippen molar-refractivity contribution in [3.8, 4) is 0 Å². The number of thioether (sulfide) groups is 1. The molecule has 10 amide bonds. The van der Waals surface area contributed by atoms with Crippen molar-refractivity contribution in [1.29, 1.82) is 5.41 Å². The van der Waals surface area contributed by atoms with Gasteiger partial charge in [0.05, 0.1) is 5.25 Å². The van der Waals surface area contributed by atoms with Crippen molar-refractivity contribution >= 4 is 82.7 Å². The predicted molar refractivity (Wildman–Crippen MR) is 210 cm³/mol. The minimum atomic E-state index is -2.26.